The molecule has 0 aliphatic heterocycles. The number of ether oxygens (including phenoxy) is 1. The number of nitrogens with two attached hydrogens (primary N) is 1. The predicted octanol–water partition coefficient (Wildman–Crippen LogP) is 1.93. The number of rotatable bonds is 6. The van der Waals surface area contributed by atoms with Gasteiger partial charge in [0.25, 0.3) is 0 Å². The second kappa shape index (κ2) is 7.59. The van der Waals surface area contributed by atoms with E-state index in [2.05, 4.69) is 10.1 Å². The molecule has 5 nitrogen and oxygen atoms in total. The van der Waals surface area contributed by atoms with E-state index in [4.69, 9.17) is 5.73 Å². The maximum Gasteiger partial charge on any atom is 0.340 e. The zero-order valence-corrected chi connectivity index (χ0v) is 11.6. The molecule has 0 bridgehead atoms. The van der Waals surface area contributed by atoms with Crippen LogP contribution in [0.4, 0.5) is 10.1 Å². The first kappa shape index (κ1) is 16.1. The first-order chi connectivity index (χ1) is 9.49. The van der Waals surface area contributed by atoms with Crippen LogP contribution >= 0.6 is 0 Å². The average molecular weight is 282 g/mol. The fraction of sp³-hybridized carbons (Fsp3) is 0.429. The summed E-state index contributed by atoms with van der Waals surface area (Å²) in [5, 5.41) is 2.64. The molecule has 1 rings (SSSR count). The summed E-state index contributed by atoms with van der Waals surface area (Å²) in [4.78, 5) is 23.3. The number of amides is 1. The Hall–Kier alpha value is -1.95. The van der Waals surface area contributed by atoms with Crippen molar-refractivity contribution in [2.75, 3.05) is 19.0 Å². The minimum absolute atomic E-state index is 0.194. The maximum atomic E-state index is 13.4. The molecule has 0 aromatic heterocycles. The lowest BCUT2D eigenvalue weighted by atomic mass is 10.0. The Morgan fingerprint density at radius 3 is 2.75 bits per heavy atom. The lowest BCUT2D eigenvalue weighted by Crippen LogP contribution is -2.21. The second-order valence-corrected chi connectivity index (χ2v) is 4.51. The molecule has 6 heteroatoms. The van der Waals surface area contributed by atoms with E-state index < -0.39 is 11.8 Å². The summed E-state index contributed by atoms with van der Waals surface area (Å²) in [5.74, 6) is -1.87. The van der Waals surface area contributed by atoms with Crippen LogP contribution in [0.5, 0.6) is 0 Å². The quantitative estimate of drug-likeness (QED) is 0.781. The Morgan fingerprint density at radius 1 is 1.45 bits per heavy atom. The third-order valence-electron chi connectivity index (χ3n) is 2.93. The molecule has 3 N–H and O–H groups in total. The molecule has 1 aromatic carbocycles. The summed E-state index contributed by atoms with van der Waals surface area (Å²) >= 11 is 0. The van der Waals surface area contributed by atoms with Gasteiger partial charge in [-0.1, -0.05) is 6.92 Å². The zero-order valence-electron chi connectivity index (χ0n) is 11.6. The van der Waals surface area contributed by atoms with Crippen LogP contribution in [-0.4, -0.2) is 25.5 Å². The number of carbonyl (C=O) groups is 2. The summed E-state index contributed by atoms with van der Waals surface area (Å²) in [5.41, 5.74) is 5.54. The van der Waals surface area contributed by atoms with E-state index in [0.717, 1.165) is 12.5 Å². The van der Waals surface area contributed by atoms with Gasteiger partial charge in [0.05, 0.1) is 12.7 Å². The average Bonchev–Trinajstić information content (AvgIpc) is 2.45. The molecule has 1 aromatic rings. The molecule has 0 saturated carbocycles. The Morgan fingerprint density at radius 2 is 2.15 bits per heavy atom. The van der Waals surface area contributed by atoms with Crippen LogP contribution in [0.1, 0.15) is 30.1 Å². The molecule has 0 spiro atoms. The topological polar surface area (TPSA) is 81.4 Å². The van der Waals surface area contributed by atoms with Gasteiger partial charge >= 0.3 is 5.97 Å². The second-order valence-electron chi connectivity index (χ2n) is 4.51. The van der Waals surface area contributed by atoms with Gasteiger partial charge in [-0.3, -0.25) is 4.79 Å². The highest BCUT2D eigenvalue weighted by Crippen LogP contribution is 2.17. The SMILES string of the molecule is COC(=O)c1cc(NC(=O)C(C)CCCN)ccc1F. The fourth-order valence-electron chi connectivity index (χ4n) is 1.69. The smallest absolute Gasteiger partial charge is 0.340 e. The van der Waals surface area contributed by atoms with Gasteiger partial charge in [-0.15, -0.1) is 0 Å². The Kier molecular flexibility index (Phi) is 6.11. The molecule has 20 heavy (non-hydrogen) atoms. The van der Waals surface area contributed by atoms with Crippen molar-refractivity contribution in [1.82, 2.24) is 0 Å². The van der Waals surface area contributed by atoms with E-state index >= 15 is 0 Å². The molecule has 1 unspecified atom stereocenters. The Balaban J connectivity index is 2.78. The molecule has 0 aliphatic rings. The predicted molar refractivity (Wildman–Crippen MR) is 73.8 cm³/mol. The lowest BCUT2D eigenvalue weighted by molar-refractivity contribution is -0.119. The molecule has 0 fully saturated rings. The zero-order chi connectivity index (χ0) is 15.1. The van der Waals surface area contributed by atoms with Gasteiger partial charge in [-0.05, 0) is 37.6 Å². The highest BCUT2D eigenvalue weighted by Gasteiger charge is 2.16. The molecule has 0 radical (unpaired) electrons. The third kappa shape index (κ3) is 4.31. The van der Waals surface area contributed by atoms with Crippen molar-refractivity contribution in [3.8, 4) is 0 Å². The molecule has 0 saturated heterocycles. The van der Waals surface area contributed by atoms with Crippen molar-refractivity contribution < 1.29 is 18.7 Å². The van der Waals surface area contributed by atoms with Gasteiger partial charge in [0.15, 0.2) is 0 Å². The van der Waals surface area contributed by atoms with E-state index in [1.165, 1.54) is 19.2 Å². The van der Waals surface area contributed by atoms with Crippen molar-refractivity contribution >= 4 is 17.6 Å². The Bertz CT molecular complexity index is 491. The fourth-order valence-corrected chi connectivity index (χ4v) is 1.69. The Labute approximate surface area is 117 Å². The number of esters is 1. The minimum atomic E-state index is -0.783. The molecule has 1 atom stereocenters. The first-order valence-electron chi connectivity index (χ1n) is 6.38. The first-order valence-corrected chi connectivity index (χ1v) is 6.38. The van der Waals surface area contributed by atoms with Gasteiger partial charge in [-0.2, -0.15) is 0 Å². The third-order valence-corrected chi connectivity index (χ3v) is 2.93. The van der Waals surface area contributed by atoms with Crippen LogP contribution in [0, 0.1) is 11.7 Å². The van der Waals surface area contributed by atoms with Crippen LogP contribution in [-0.2, 0) is 9.53 Å². The summed E-state index contributed by atoms with van der Waals surface area (Å²) in [6, 6.07) is 3.77. The van der Waals surface area contributed by atoms with Crippen molar-refractivity contribution in [1.29, 1.82) is 0 Å². The van der Waals surface area contributed by atoms with Crippen molar-refractivity contribution in [3.05, 3.63) is 29.6 Å². The maximum absolute atomic E-state index is 13.4. The number of anilines is 1. The van der Waals surface area contributed by atoms with Gasteiger partial charge in [0.1, 0.15) is 5.82 Å². The number of halogens is 1. The normalized spacial score (nSPS) is 11.8. The van der Waals surface area contributed by atoms with Crippen molar-refractivity contribution in [2.24, 2.45) is 11.7 Å². The van der Waals surface area contributed by atoms with E-state index in [9.17, 15) is 14.0 Å². The van der Waals surface area contributed by atoms with Crippen LogP contribution in [0.15, 0.2) is 18.2 Å². The van der Waals surface area contributed by atoms with E-state index in [1.807, 2.05) is 0 Å². The highest BCUT2D eigenvalue weighted by atomic mass is 19.1. The summed E-state index contributed by atoms with van der Waals surface area (Å²) in [6.45, 7) is 2.32. The van der Waals surface area contributed by atoms with Gasteiger partial charge in [0, 0.05) is 11.6 Å². The molecule has 0 aliphatic carbocycles. The monoisotopic (exact) mass is 282 g/mol. The van der Waals surface area contributed by atoms with Crippen LogP contribution in [0.2, 0.25) is 0 Å². The summed E-state index contributed by atoms with van der Waals surface area (Å²) in [7, 11) is 1.17. The van der Waals surface area contributed by atoms with Gasteiger partial charge in [-0.25, -0.2) is 9.18 Å². The van der Waals surface area contributed by atoms with Crippen LogP contribution in [0.25, 0.3) is 0 Å². The van der Waals surface area contributed by atoms with Gasteiger partial charge in [0.2, 0.25) is 5.91 Å². The van der Waals surface area contributed by atoms with E-state index in [-0.39, 0.29) is 17.4 Å². The minimum Gasteiger partial charge on any atom is -0.465 e. The molecule has 0 heterocycles. The molecule has 110 valence electrons. The van der Waals surface area contributed by atoms with Gasteiger partial charge < -0.3 is 15.8 Å². The molecule has 1 amide bonds. The number of methoxy groups -OCH3 is 1. The number of benzene rings is 1. The molecular weight excluding hydrogens is 263 g/mol. The number of hydrogen-bond acceptors (Lipinski definition) is 4. The lowest BCUT2D eigenvalue weighted by Gasteiger charge is -2.12. The standard InChI is InChI=1S/C14H19FN2O3/c1-9(4-3-7-16)13(18)17-10-5-6-12(15)11(8-10)14(19)20-2/h5-6,8-9H,3-4,7,16H2,1-2H3,(H,17,18). The van der Waals surface area contributed by atoms with E-state index in [0.29, 0.717) is 18.7 Å². The molecular formula is C14H19FN2O3. The van der Waals surface area contributed by atoms with Crippen LogP contribution < -0.4 is 11.1 Å². The highest BCUT2D eigenvalue weighted by molar-refractivity contribution is 5.95. The summed E-state index contributed by atoms with van der Waals surface area (Å²) < 4.78 is 17.9. The van der Waals surface area contributed by atoms with Crippen molar-refractivity contribution in [2.45, 2.75) is 19.8 Å². The summed E-state index contributed by atoms with van der Waals surface area (Å²) in [6.07, 6.45) is 1.43. The van der Waals surface area contributed by atoms with E-state index in [1.54, 1.807) is 6.92 Å². The largest absolute Gasteiger partial charge is 0.465 e. The number of hydrogen-bond donors (Lipinski definition) is 2. The number of nitrogens with one attached hydrogen (secondary N) is 1. The van der Waals surface area contributed by atoms with Crippen LogP contribution in [0.3, 0.4) is 0 Å². The van der Waals surface area contributed by atoms with Crippen molar-refractivity contribution in [3.63, 3.8) is 0 Å². The number of carbonyl (C=O) groups excluding carboxylic acids is 2.